The van der Waals surface area contributed by atoms with E-state index in [9.17, 15) is 0 Å². The second-order valence-corrected chi connectivity index (χ2v) is 4.81. The first kappa shape index (κ1) is 15.4. The summed E-state index contributed by atoms with van der Waals surface area (Å²) in [6.45, 7) is 5.11. The maximum Gasteiger partial charge on any atom is 0.211 e. The van der Waals surface area contributed by atoms with Gasteiger partial charge in [0.1, 0.15) is 0 Å². The minimum absolute atomic E-state index is 0.0962. The molecule has 0 aliphatic heterocycles. The van der Waals surface area contributed by atoms with E-state index in [1.54, 1.807) is 20.4 Å². The van der Waals surface area contributed by atoms with Gasteiger partial charge in [0.2, 0.25) is 5.89 Å². The van der Waals surface area contributed by atoms with Gasteiger partial charge < -0.3 is 19.2 Å². The number of benzene rings is 1. The van der Waals surface area contributed by atoms with Gasteiger partial charge in [-0.1, -0.05) is 6.92 Å². The first-order valence-electron chi connectivity index (χ1n) is 7.11. The molecule has 5 heteroatoms. The van der Waals surface area contributed by atoms with Gasteiger partial charge in [-0.3, -0.25) is 0 Å². The van der Waals surface area contributed by atoms with Crippen LogP contribution in [0.3, 0.4) is 0 Å². The minimum atomic E-state index is 0.0962. The van der Waals surface area contributed by atoms with Crippen LogP contribution in [0.2, 0.25) is 0 Å². The van der Waals surface area contributed by atoms with Crippen LogP contribution in [0, 0.1) is 0 Å². The van der Waals surface area contributed by atoms with E-state index in [0.717, 1.165) is 24.3 Å². The van der Waals surface area contributed by atoms with E-state index in [1.807, 2.05) is 25.1 Å². The molecule has 21 heavy (non-hydrogen) atoms. The molecule has 5 nitrogen and oxygen atoms in total. The van der Waals surface area contributed by atoms with E-state index in [-0.39, 0.29) is 6.04 Å². The molecule has 2 rings (SSSR count). The molecule has 1 atom stereocenters. The van der Waals surface area contributed by atoms with Crippen molar-refractivity contribution >= 4 is 0 Å². The second kappa shape index (κ2) is 7.13. The molecule has 1 unspecified atom stereocenters. The Bertz CT molecular complexity index is 581. The molecule has 0 fully saturated rings. The quantitative estimate of drug-likeness (QED) is 0.846. The zero-order valence-corrected chi connectivity index (χ0v) is 13.0. The largest absolute Gasteiger partial charge is 0.493 e. The van der Waals surface area contributed by atoms with Crippen LogP contribution < -0.4 is 14.8 Å². The third-order valence-electron chi connectivity index (χ3n) is 3.26. The first-order chi connectivity index (χ1) is 10.2. The fourth-order valence-corrected chi connectivity index (χ4v) is 2.06. The Morgan fingerprint density at radius 1 is 1.24 bits per heavy atom. The van der Waals surface area contributed by atoms with Crippen LogP contribution in [0.1, 0.15) is 32.2 Å². The lowest BCUT2D eigenvalue weighted by Gasteiger charge is -2.09. The highest BCUT2D eigenvalue weighted by atomic mass is 16.5. The molecular formula is C16H22N2O3. The standard InChI is InChI=1S/C16H22N2O3/c1-5-8-17-11(2)16-18-10-15(21-16)12-6-7-13(19-3)14(9-12)20-4/h6-7,9-11,17H,5,8H2,1-4H3. The molecule has 1 aromatic heterocycles. The van der Waals surface area contributed by atoms with Crippen molar-refractivity contribution in [3.05, 3.63) is 30.3 Å². The molecule has 0 saturated carbocycles. The monoisotopic (exact) mass is 290 g/mol. The van der Waals surface area contributed by atoms with Gasteiger partial charge in [-0.15, -0.1) is 0 Å². The number of hydrogen-bond donors (Lipinski definition) is 1. The zero-order valence-electron chi connectivity index (χ0n) is 13.0. The van der Waals surface area contributed by atoms with Crippen molar-refractivity contribution in [1.29, 1.82) is 0 Å². The fourth-order valence-electron chi connectivity index (χ4n) is 2.06. The van der Waals surface area contributed by atoms with Crippen molar-refractivity contribution in [3.8, 4) is 22.8 Å². The number of aromatic nitrogens is 1. The molecule has 0 saturated heterocycles. The summed E-state index contributed by atoms with van der Waals surface area (Å²) in [5, 5.41) is 3.35. The molecule has 2 aromatic rings. The number of methoxy groups -OCH3 is 2. The highest BCUT2D eigenvalue weighted by Crippen LogP contribution is 2.32. The summed E-state index contributed by atoms with van der Waals surface area (Å²) in [6, 6.07) is 5.76. The Morgan fingerprint density at radius 2 is 2.00 bits per heavy atom. The number of nitrogens with zero attached hydrogens (tertiary/aromatic N) is 1. The fraction of sp³-hybridized carbons (Fsp3) is 0.438. The predicted molar refractivity (Wildman–Crippen MR) is 81.8 cm³/mol. The molecule has 0 bridgehead atoms. The van der Waals surface area contributed by atoms with Gasteiger partial charge in [0.15, 0.2) is 17.3 Å². The molecule has 0 aliphatic carbocycles. The van der Waals surface area contributed by atoms with Crippen molar-refractivity contribution < 1.29 is 13.9 Å². The van der Waals surface area contributed by atoms with Gasteiger partial charge in [-0.05, 0) is 38.1 Å². The van der Waals surface area contributed by atoms with Crippen molar-refractivity contribution in [2.24, 2.45) is 0 Å². The van der Waals surface area contributed by atoms with Crippen molar-refractivity contribution in [2.75, 3.05) is 20.8 Å². The van der Waals surface area contributed by atoms with Crippen LogP contribution in [0.25, 0.3) is 11.3 Å². The summed E-state index contributed by atoms with van der Waals surface area (Å²) in [4.78, 5) is 4.34. The maximum atomic E-state index is 5.83. The van der Waals surface area contributed by atoms with E-state index in [0.29, 0.717) is 17.4 Å². The lowest BCUT2D eigenvalue weighted by Crippen LogP contribution is -2.19. The van der Waals surface area contributed by atoms with Crippen LogP contribution >= 0.6 is 0 Å². The minimum Gasteiger partial charge on any atom is -0.493 e. The Hall–Kier alpha value is -2.01. The number of rotatable bonds is 7. The summed E-state index contributed by atoms with van der Waals surface area (Å²) in [6.07, 6.45) is 2.81. The third-order valence-corrected chi connectivity index (χ3v) is 3.26. The van der Waals surface area contributed by atoms with Crippen LogP contribution in [0.5, 0.6) is 11.5 Å². The third kappa shape index (κ3) is 3.55. The Morgan fingerprint density at radius 3 is 2.67 bits per heavy atom. The molecule has 0 aliphatic rings. The van der Waals surface area contributed by atoms with Gasteiger partial charge >= 0.3 is 0 Å². The van der Waals surface area contributed by atoms with E-state index < -0.39 is 0 Å². The zero-order chi connectivity index (χ0) is 15.2. The Labute approximate surface area is 125 Å². The van der Waals surface area contributed by atoms with Crippen molar-refractivity contribution in [1.82, 2.24) is 10.3 Å². The van der Waals surface area contributed by atoms with E-state index >= 15 is 0 Å². The van der Waals surface area contributed by atoms with Crippen molar-refractivity contribution in [3.63, 3.8) is 0 Å². The summed E-state index contributed by atoms with van der Waals surface area (Å²) < 4.78 is 16.4. The van der Waals surface area contributed by atoms with Gasteiger partial charge in [0.05, 0.1) is 26.5 Å². The predicted octanol–water partition coefficient (Wildman–Crippen LogP) is 3.42. The molecule has 0 amide bonds. The van der Waals surface area contributed by atoms with Crippen LogP contribution in [0.15, 0.2) is 28.8 Å². The molecule has 1 aromatic carbocycles. The lowest BCUT2D eigenvalue weighted by atomic mass is 10.1. The van der Waals surface area contributed by atoms with E-state index in [2.05, 4.69) is 17.2 Å². The SMILES string of the molecule is CCCNC(C)c1ncc(-c2ccc(OC)c(OC)c2)o1. The number of hydrogen-bond acceptors (Lipinski definition) is 5. The van der Waals surface area contributed by atoms with Gasteiger partial charge in [-0.2, -0.15) is 0 Å². The maximum absolute atomic E-state index is 5.83. The molecule has 114 valence electrons. The van der Waals surface area contributed by atoms with E-state index in [4.69, 9.17) is 13.9 Å². The highest BCUT2D eigenvalue weighted by molar-refractivity contribution is 5.62. The summed E-state index contributed by atoms with van der Waals surface area (Å²) in [5.41, 5.74) is 0.911. The Balaban J connectivity index is 2.21. The second-order valence-electron chi connectivity index (χ2n) is 4.81. The summed E-state index contributed by atoms with van der Waals surface area (Å²) >= 11 is 0. The smallest absolute Gasteiger partial charge is 0.211 e. The van der Waals surface area contributed by atoms with Gasteiger partial charge in [-0.25, -0.2) is 4.98 Å². The molecule has 1 heterocycles. The first-order valence-corrected chi connectivity index (χ1v) is 7.11. The highest BCUT2D eigenvalue weighted by Gasteiger charge is 2.14. The normalized spacial score (nSPS) is 12.2. The average Bonchev–Trinajstić information content (AvgIpc) is 3.01. The Kier molecular flexibility index (Phi) is 5.22. The molecular weight excluding hydrogens is 268 g/mol. The van der Waals surface area contributed by atoms with Crippen LogP contribution in [-0.2, 0) is 0 Å². The number of oxazole rings is 1. The number of ether oxygens (including phenoxy) is 2. The van der Waals surface area contributed by atoms with Crippen molar-refractivity contribution in [2.45, 2.75) is 26.3 Å². The summed E-state index contributed by atoms with van der Waals surface area (Å²) in [7, 11) is 3.23. The van der Waals surface area contributed by atoms with Gasteiger partial charge in [0, 0.05) is 5.56 Å². The number of nitrogens with one attached hydrogen (secondary N) is 1. The molecule has 0 radical (unpaired) electrons. The van der Waals surface area contributed by atoms with Crippen LogP contribution in [-0.4, -0.2) is 25.7 Å². The summed E-state index contributed by atoms with van der Waals surface area (Å²) in [5.74, 6) is 2.77. The van der Waals surface area contributed by atoms with Gasteiger partial charge in [0.25, 0.3) is 0 Å². The topological polar surface area (TPSA) is 56.5 Å². The lowest BCUT2D eigenvalue weighted by molar-refractivity contribution is 0.355. The molecule has 1 N–H and O–H groups in total. The average molecular weight is 290 g/mol. The molecule has 0 spiro atoms. The van der Waals surface area contributed by atoms with E-state index in [1.165, 1.54) is 0 Å². The van der Waals surface area contributed by atoms with Crippen LogP contribution in [0.4, 0.5) is 0 Å².